The number of ether oxygens (including phenoxy) is 1. The highest BCUT2D eigenvalue weighted by Crippen LogP contribution is 2.42. The van der Waals surface area contributed by atoms with Gasteiger partial charge in [0.25, 0.3) is 5.56 Å². The molecule has 120 valence electrons. The highest BCUT2D eigenvalue weighted by molar-refractivity contribution is 6.31. The molecule has 0 saturated heterocycles. The molecule has 2 aromatic carbocycles. The number of aryl methyl sites for hydroxylation is 1. The van der Waals surface area contributed by atoms with E-state index in [9.17, 15) is 9.59 Å². The lowest BCUT2D eigenvalue weighted by Gasteiger charge is -2.26. The van der Waals surface area contributed by atoms with Crippen LogP contribution in [0.1, 0.15) is 23.5 Å². The number of halogens is 1. The Labute approximate surface area is 143 Å². The SMILES string of the molecule is Cn1c(=O)c2c(c3ccccc31)OC(=O)C[C@@H]2c1ccccc1Cl. The van der Waals surface area contributed by atoms with E-state index in [2.05, 4.69) is 0 Å². The highest BCUT2D eigenvalue weighted by atomic mass is 35.5. The van der Waals surface area contributed by atoms with Crippen molar-refractivity contribution in [2.75, 3.05) is 0 Å². The molecule has 0 bridgehead atoms. The van der Waals surface area contributed by atoms with Gasteiger partial charge in [-0.15, -0.1) is 0 Å². The maximum absolute atomic E-state index is 13.0. The number of benzene rings is 2. The molecule has 0 radical (unpaired) electrons. The third-order valence-corrected chi connectivity index (χ3v) is 4.85. The normalized spacial score (nSPS) is 16.8. The van der Waals surface area contributed by atoms with Gasteiger partial charge >= 0.3 is 5.97 Å². The molecule has 0 spiro atoms. The maximum Gasteiger partial charge on any atom is 0.312 e. The van der Waals surface area contributed by atoms with Crippen molar-refractivity contribution in [3.8, 4) is 5.75 Å². The Bertz CT molecular complexity index is 1040. The molecule has 2 heterocycles. The fraction of sp³-hybridized carbons (Fsp3) is 0.158. The second-order valence-electron chi connectivity index (χ2n) is 5.88. The first-order valence-electron chi connectivity index (χ1n) is 7.64. The first-order valence-corrected chi connectivity index (χ1v) is 8.02. The van der Waals surface area contributed by atoms with Gasteiger partial charge in [0.05, 0.1) is 17.5 Å². The molecule has 3 aromatic rings. The summed E-state index contributed by atoms with van der Waals surface area (Å²) in [6, 6.07) is 14.7. The first-order chi connectivity index (χ1) is 11.6. The molecule has 4 rings (SSSR count). The van der Waals surface area contributed by atoms with Gasteiger partial charge in [0.15, 0.2) is 0 Å². The van der Waals surface area contributed by atoms with Crippen LogP contribution in [-0.2, 0) is 11.8 Å². The number of pyridine rings is 1. The number of rotatable bonds is 1. The number of nitrogens with zero attached hydrogens (tertiary/aromatic N) is 1. The molecule has 0 N–H and O–H groups in total. The van der Waals surface area contributed by atoms with Crippen LogP contribution in [0.3, 0.4) is 0 Å². The van der Waals surface area contributed by atoms with E-state index < -0.39 is 5.92 Å². The quantitative estimate of drug-likeness (QED) is 0.636. The zero-order valence-electron chi connectivity index (χ0n) is 13.0. The van der Waals surface area contributed by atoms with Gasteiger partial charge in [-0.3, -0.25) is 9.59 Å². The van der Waals surface area contributed by atoms with Crippen molar-refractivity contribution >= 4 is 28.5 Å². The van der Waals surface area contributed by atoms with Crippen molar-refractivity contribution in [3.05, 3.63) is 75.0 Å². The second-order valence-corrected chi connectivity index (χ2v) is 6.28. The van der Waals surface area contributed by atoms with Gasteiger partial charge in [0.1, 0.15) is 5.75 Å². The van der Waals surface area contributed by atoms with Gasteiger partial charge in [-0.05, 0) is 23.8 Å². The number of carbonyl (C=O) groups is 1. The fourth-order valence-electron chi connectivity index (χ4n) is 3.36. The number of esters is 1. The van der Waals surface area contributed by atoms with E-state index in [0.29, 0.717) is 16.3 Å². The Morgan fingerprint density at radius 1 is 1.08 bits per heavy atom. The lowest BCUT2D eigenvalue weighted by molar-refractivity contribution is -0.135. The van der Waals surface area contributed by atoms with Gasteiger partial charge < -0.3 is 9.30 Å². The molecule has 0 amide bonds. The zero-order valence-corrected chi connectivity index (χ0v) is 13.7. The Morgan fingerprint density at radius 2 is 1.79 bits per heavy atom. The van der Waals surface area contributed by atoms with Crippen LogP contribution < -0.4 is 10.3 Å². The lowest BCUT2D eigenvalue weighted by atomic mass is 9.86. The van der Waals surface area contributed by atoms with Crippen molar-refractivity contribution < 1.29 is 9.53 Å². The molecule has 1 atom stereocenters. The van der Waals surface area contributed by atoms with Crippen LogP contribution in [0.15, 0.2) is 53.3 Å². The van der Waals surface area contributed by atoms with E-state index in [1.54, 1.807) is 17.7 Å². The van der Waals surface area contributed by atoms with E-state index in [1.165, 1.54) is 0 Å². The molecule has 1 aliphatic heterocycles. The van der Waals surface area contributed by atoms with Crippen molar-refractivity contribution in [2.45, 2.75) is 12.3 Å². The highest BCUT2D eigenvalue weighted by Gasteiger charge is 2.34. The molecular formula is C19H14ClNO3. The number of hydrogen-bond acceptors (Lipinski definition) is 3. The van der Waals surface area contributed by atoms with Crippen LogP contribution in [0.5, 0.6) is 5.75 Å². The van der Waals surface area contributed by atoms with Crippen LogP contribution in [0, 0.1) is 0 Å². The Morgan fingerprint density at radius 3 is 2.58 bits per heavy atom. The third kappa shape index (κ3) is 2.14. The summed E-state index contributed by atoms with van der Waals surface area (Å²) in [7, 11) is 1.73. The zero-order chi connectivity index (χ0) is 16.8. The molecule has 1 aromatic heterocycles. The summed E-state index contributed by atoms with van der Waals surface area (Å²) in [6.07, 6.45) is 0.102. The molecule has 24 heavy (non-hydrogen) atoms. The predicted molar refractivity (Wildman–Crippen MR) is 92.7 cm³/mol. The fourth-order valence-corrected chi connectivity index (χ4v) is 3.62. The summed E-state index contributed by atoms with van der Waals surface area (Å²) < 4.78 is 7.07. The Balaban J connectivity index is 2.09. The largest absolute Gasteiger partial charge is 0.425 e. The van der Waals surface area contributed by atoms with Crippen molar-refractivity contribution in [3.63, 3.8) is 0 Å². The minimum absolute atomic E-state index is 0.102. The average Bonchev–Trinajstić information content (AvgIpc) is 2.59. The van der Waals surface area contributed by atoms with E-state index in [4.69, 9.17) is 16.3 Å². The van der Waals surface area contributed by atoms with E-state index in [0.717, 1.165) is 16.5 Å². The van der Waals surface area contributed by atoms with Crippen molar-refractivity contribution in [2.24, 2.45) is 7.05 Å². The summed E-state index contributed by atoms with van der Waals surface area (Å²) >= 11 is 6.32. The van der Waals surface area contributed by atoms with Gasteiger partial charge in [0, 0.05) is 23.4 Å². The molecule has 0 fully saturated rings. The summed E-state index contributed by atoms with van der Waals surface area (Å²) in [6.45, 7) is 0. The molecule has 0 saturated carbocycles. The smallest absolute Gasteiger partial charge is 0.312 e. The van der Waals surface area contributed by atoms with Crippen LogP contribution in [-0.4, -0.2) is 10.5 Å². The van der Waals surface area contributed by atoms with Crippen LogP contribution in [0.4, 0.5) is 0 Å². The van der Waals surface area contributed by atoms with Crippen LogP contribution in [0.2, 0.25) is 5.02 Å². The van der Waals surface area contributed by atoms with Crippen molar-refractivity contribution in [1.82, 2.24) is 4.57 Å². The maximum atomic E-state index is 13.0. The summed E-state index contributed by atoms with van der Waals surface area (Å²) in [4.78, 5) is 25.1. The molecule has 4 nitrogen and oxygen atoms in total. The van der Waals surface area contributed by atoms with E-state index in [-0.39, 0.29) is 17.9 Å². The van der Waals surface area contributed by atoms with Crippen LogP contribution >= 0.6 is 11.6 Å². The van der Waals surface area contributed by atoms with Crippen LogP contribution in [0.25, 0.3) is 10.9 Å². The average molecular weight is 340 g/mol. The van der Waals surface area contributed by atoms with Gasteiger partial charge in [-0.25, -0.2) is 0 Å². The van der Waals surface area contributed by atoms with Crippen molar-refractivity contribution in [1.29, 1.82) is 0 Å². The van der Waals surface area contributed by atoms with Gasteiger partial charge in [0.2, 0.25) is 0 Å². The standard InChI is InChI=1S/C19H14ClNO3/c1-21-15-9-5-3-7-12(15)18-17(19(21)23)13(10-16(22)24-18)11-6-2-4-8-14(11)20/h2-9,13H,10H2,1H3/t13-/m1/s1. The number of hydrogen-bond donors (Lipinski definition) is 0. The second kappa shape index (κ2) is 5.49. The number of carbonyl (C=O) groups excluding carboxylic acids is 1. The number of aromatic nitrogens is 1. The van der Waals surface area contributed by atoms with Gasteiger partial charge in [-0.1, -0.05) is 41.9 Å². The summed E-state index contributed by atoms with van der Waals surface area (Å²) in [5.74, 6) is -0.404. The Hall–Kier alpha value is -2.59. The number of para-hydroxylation sites is 1. The lowest BCUT2D eigenvalue weighted by Crippen LogP contribution is -2.31. The molecular weight excluding hydrogens is 326 g/mol. The minimum Gasteiger partial charge on any atom is -0.425 e. The molecule has 0 aliphatic carbocycles. The first kappa shape index (κ1) is 15.0. The molecule has 0 unspecified atom stereocenters. The van der Waals surface area contributed by atoms with Gasteiger partial charge in [-0.2, -0.15) is 0 Å². The topological polar surface area (TPSA) is 48.3 Å². The monoisotopic (exact) mass is 339 g/mol. The van der Waals surface area contributed by atoms with E-state index in [1.807, 2.05) is 42.5 Å². The summed E-state index contributed by atoms with van der Waals surface area (Å²) in [5.41, 5.74) is 1.82. The van der Waals surface area contributed by atoms with E-state index >= 15 is 0 Å². The minimum atomic E-state index is -0.404. The Kier molecular flexibility index (Phi) is 3.43. The number of fused-ring (bicyclic) bond motifs is 3. The molecule has 5 heteroatoms. The molecule has 1 aliphatic rings. The summed E-state index contributed by atoms with van der Waals surface area (Å²) in [5, 5.41) is 1.29. The predicted octanol–water partition coefficient (Wildman–Crippen LogP) is 3.63. The third-order valence-electron chi connectivity index (χ3n) is 4.51.